The standard InChI is InChI=1S/C31H31N5O3S3/c1-4-40-31-35-30(42-36-31)34-27(37)19-41-25-16-14-24(15-17-25)32-29(39)26(33-28(38)23-8-6-5-7-9-23)18-21-10-12-22(13-11-21)20(2)3/h5-18,20H,4,19H2,1-3H3,(H,32,39)(H,33,38)(H,34,35,36,37)/b26-18-. The number of carbonyl (C=O) groups is 3. The summed E-state index contributed by atoms with van der Waals surface area (Å²) in [7, 11) is 0. The first-order valence-electron chi connectivity index (χ1n) is 13.3. The van der Waals surface area contributed by atoms with Gasteiger partial charge >= 0.3 is 0 Å². The summed E-state index contributed by atoms with van der Waals surface area (Å²) >= 11 is 4.05. The number of carbonyl (C=O) groups excluding carboxylic acids is 3. The van der Waals surface area contributed by atoms with Gasteiger partial charge in [0.05, 0.1) is 5.75 Å². The number of hydrogen-bond donors (Lipinski definition) is 3. The minimum absolute atomic E-state index is 0.119. The van der Waals surface area contributed by atoms with Crippen molar-refractivity contribution in [2.24, 2.45) is 0 Å². The van der Waals surface area contributed by atoms with Gasteiger partial charge in [0, 0.05) is 27.7 Å². The molecule has 4 rings (SSSR count). The zero-order chi connectivity index (χ0) is 29.9. The van der Waals surface area contributed by atoms with E-state index in [1.165, 1.54) is 29.1 Å². The minimum atomic E-state index is -0.454. The second-order valence-electron chi connectivity index (χ2n) is 9.33. The van der Waals surface area contributed by atoms with Crippen LogP contribution in [0.25, 0.3) is 6.08 Å². The molecule has 4 aromatic rings. The van der Waals surface area contributed by atoms with Crippen molar-refractivity contribution < 1.29 is 14.4 Å². The monoisotopic (exact) mass is 617 g/mol. The predicted octanol–water partition coefficient (Wildman–Crippen LogP) is 6.91. The molecule has 8 nitrogen and oxygen atoms in total. The Bertz CT molecular complexity index is 1540. The molecule has 0 spiro atoms. The number of nitrogens with one attached hydrogen (secondary N) is 3. The Balaban J connectivity index is 1.39. The van der Waals surface area contributed by atoms with E-state index in [-0.39, 0.29) is 23.3 Å². The van der Waals surface area contributed by atoms with E-state index in [0.717, 1.165) is 27.7 Å². The van der Waals surface area contributed by atoms with Gasteiger partial charge in [-0.05, 0) is 65.3 Å². The van der Waals surface area contributed by atoms with E-state index in [1.807, 2.05) is 49.4 Å². The summed E-state index contributed by atoms with van der Waals surface area (Å²) in [4.78, 5) is 43.7. The smallest absolute Gasteiger partial charge is 0.272 e. The quantitative estimate of drug-likeness (QED) is 0.117. The van der Waals surface area contributed by atoms with Gasteiger partial charge in [-0.15, -0.1) is 11.8 Å². The fraction of sp³-hybridized carbons (Fsp3) is 0.194. The number of rotatable bonds is 12. The highest BCUT2D eigenvalue weighted by molar-refractivity contribution is 8.00. The lowest BCUT2D eigenvalue weighted by Gasteiger charge is -2.12. The number of amides is 3. The summed E-state index contributed by atoms with van der Waals surface area (Å²) in [5, 5.41) is 9.53. The molecule has 42 heavy (non-hydrogen) atoms. The second kappa shape index (κ2) is 15.3. The van der Waals surface area contributed by atoms with Gasteiger partial charge in [0.15, 0.2) is 0 Å². The zero-order valence-electron chi connectivity index (χ0n) is 23.4. The molecule has 0 radical (unpaired) electrons. The highest BCUT2D eigenvalue weighted by Crippen LogP contribution is 2.23. The van der Waals surface area contributed by atoms with Crippen molar-refractivity contribution in [3.8, 4) is 0 Å². The topological polar surface area (TPSA) is 113 Å². The zero-order valence-corrected chi connectivity index (χ0v) is 25.9. The lowest BCUT2D eigenvalue weighted by Crippen LogP contribution is -2.30. The van der Waals surface area contributed by atoms with Crippen LogP contribution in [-0.4, -0.2) is 38.6 Å². The molecule has 0 aliphatic heterocycles. The average molecular weight is 618 g/mol. The molecule has 3 aromatic carbocycles. The lowest BCUT2D eigenvalue weighted by atomic mass is 10.0. The van der Waals surface area contributed by atoms with Crippen molar-refractivity contribution in [1.29, 1.82) is 0 Å². The molecule has 0 atom stereocenters. The first kappa shape index (κ1) is 31.0. The van der Waals surface area contributed by atoms with Crippen molar-refractivity contribution >= 4 is 69.7 Å². The van der Waals surface area contributed by atoms with Gasteiger partial charge in [-0.3, -0.25) is 19.7 Å². The van der Waals surface area contributed by atoms with E-state index < -0.39 is 5.91 Å². The van der Waals surface area contributed by atoms with E-state index in [9.17, 15) is 14.4 Å². The van der Waals surface area contributed by atoms with Gasteiger partial charge in [-0.1, -0.05) is 75.0 Å². The summed E-state index contributed by atoms with van der Waals surface area (Å²) in [6.07, 6.45) is 1.66. The number of benzene rings is 3. The number of nitrogens with zero attached hydrogens (tertiary/aromatic N) is 2. The van der Waals surface area contributed by atoms with E-state index in [2.05, 4.69) is 39.2 Å². The second-order valence-corrected chi connectivity index (χ2v) is 12.4. The molecule has 0 saturated heterocycles. The molecule has 1 aromatic heterocycles. The third-order valence-corrected chi connectivity index (χ3v) is 8.34. The fourth-order valence-electron chi connectivity index (χ4n) is 3.67. The van der Waals surface area contributed by atoms with Crippen LogP contribution in [0, 0.1) is 0 Å². The van der Waals surface area contributed by atoms with Crippen LogP contribution >= 0.6 is 35.1 Å². The van der Waals surface area contributed by atoms with E-state index in [0.29, 0.717) is 27.5 Å². The Kier molecular flexibility index (Phi) is 11.3. The third kappa shape index (κ3) is 9.30. The van der Waals surface area contributed by atoms with E-state index in [1.54, 1.807) is 42.5 Å². The maximum Gasteiger partial charge on any atom is 0.272 e. The lowest BCUT2D eigenvalue weighted by molar-refractivity contribution is -0.114. The Hall–Kier alpha value is -3.93. The van der Waals surface area contributed by atoms with Crippen LogP contribution in [0.4, 0.5) is 10.8 Å². The normalized spacial score (nSPS) is 11.3. The number of anilines is 2. The molecule has 0 unspecified atom stereocenters. The molecule has 1 heterocycles. The third-order valence-electron chi connectivity index (χ3n) is 5.85. The summed E-state index contributed by atoms with van der Waals surface area (Å²) in [6.45, 7) is 6.25. The SMILES string of the molecule is CCSc1nsc(NC(=O)CSc2ccc(NC(=O)/C(=C/c3ccc(C(C)C)cc3)NC(=O)c3ccccc3)cc2)n1. The molecule has 3 amide bonds. The molecule has 3 N–H and O–H groups in total. The van der Waals surface area contributed by atoms with Gasteiger partial charge in [-0.25, -0.2) is 0 Å². The van der Waals surface area contributed by atoms with Crippen LogP contribution in [0.15, 0.2) is 94.6 Å². The average Bonchev–Trinajstić information content (AvgIpc) is 3.43. The largest absolute Gasteiger partial charge is 0.321 e. The fourth-order valence-corrected chi connectivity index (χ4v) is 5.66. The van der Waals surface area contributed by atoms with Crippen molar-refractivity contribution in [3.05, 3.63) is 101 Å². The number of hydrogen-bond acceptors (Lipinski definition) is 8. The van der Waals surface area contributed by atoms with E-state index in [4.69, 9.17) is 0 Å². The first-order valence-corrected chi connectivity index (χ1v) is 16.0. The van der Waals surface area contributed by atoms with Gasteiger partial charge in [0.25, 0.3) is 11.8 Å². The first-order chi connectivity index (χ1) is 20.3. The summed E-state index contributed by atoms with van der Waals surface area (Å²) in [6, 6.07) is 23.8. The molecule has 0 bridgehead atoms. The Morgan fingerprint density at radius 3 is 2.29 bits per heavy atom. The molecule has 0 aliphatic carbocycles. The minimum Gasteiger partial charge on any atom is -0.321 e. The van der Waals surface area contributed by atoms with Crippen LogP contribution in [0.1, 0.15) is 48.2 Å². The molecular formula is C31H31N5O3S3. The Morgan fingerprint density at radius 2 is 1.62 bits per heavy atom. The molecule has 216 valence electrons. The predicted molar refractivity (Wildman–Crippen MR) is 173 cm³/mol. The summed E-state index contributed by atoms with van der Waals surface area (Å²) < 4.78 is 4.20. The summed E-state index contributed by atoms with van der Waals surface area (Å²) in [5.41, 5.74) is 3.09. The van der Waals surface area contributed by atoms with Crippen molar-refractivity contribution in [1.82, 2.24) is 14.7 Å². The van der Waals surface area contributed by atoms with Crippen LogP contribution < -0.4 is 16.0 Å². The molecule has 0 fully saturated rings. The highest BCUT2D eigenvalue weighted by atomic mass is 32.2. The molecular weight excluding hydrogens is 587 g/mol. The van der Waals surface area contributed by atoms with Crippen LogP contribution in [0.3, 0.4) is 0 Å². The van der Waals surface area contributed by atoms with Crippen molar-refractivity contribution in [3.63, 3.8) is 0 Å². The van der Waals surface area contributed by atoms with E-state index >= 15 is 0 Å². The number of thioether (sulfide) groups is 2. The Labute approximate surface area is 258 Å². The Morgan fingerprint density at radius 1 is 0.905 bits per heavy atom. The maximum atomic E-state index is 13.3. The van der Waals surface area contributed by atoms with Gasteiger partial charge in [0.2, 0.25) is 16.2 Å². The summed E-state index contributed by atoms with van der Waals surface area (Å²) in [5.74, 6) is 0.441. The van der Waals surface area contributed by atoms with Crippen LogP contribution in [0.2, 0.25) is 0 Å². The van der Waals surface area contributed by atoms with Crippen LogP contribution in [-0.2, 0) is 9.59 Å². The van der Waals surface area contributed by atoms with Crippen LogP contribution in [0.5, 0.6) is 0 Å². The molecule has 0 aliphatic rings. The van der Waals surface area contributed by atoms with Gasteiger partial charge in [-0.2, -0.15) is 9.36 Å². The maximum absolute atomic E-state index is 13.3. The molecule has 0 saturated carbocycles. The number of aromatic nitrogens is 2. The van der Waals surface area contributed by atoms with Crippen molar-refractivity contribution in [2.45, 2.75) is 36.7 Å². The van der Waals surface area contributed by atoms with Gasteiger partial charge in [0.1, 0.15) is 5.70 Å². The highest BCUT2D eigenvalue weighted by Gasteiger charge is 2.16. The van der Waals surface area contributed by atoms with Gasteiger partial charge < -0.3 is 10.6 Å². The molecule has 11 heteroatoms. The van der Waals surface area contributed by atoms with Crippen molar-refractivity contribution in [2.75, 3.05) is 22.1 Å².